The van der Waals surface area contributed by atoms with E-state index in [-0.39, 0.29) is 42.1 Å². The lowest BCUT2D eigenvalue weighted by atomic mass is 9.50. The number of halogens is 3. The van der Waals surface area contributed by atoms with Crippen LogP contribution in [0.1, 0.15) is 60.3 Å². The van der Waals surface area contributed by atoms with Crippen molar-refractivity contribution in [2.24, 2.45) is 34.5 Å². The number of hydrogen-bond donors (Lipinski definition) is 0. The molecule has 0 bridgehead atoms. The van der Waals surface area contributed by atoms with Gasteiger partial charge < -0.3 is 4.74 Å². The standard InChI is InChI=1S/C24H27F3O4.C2H6/c1-13(28)31-12-21(30)18-5-4-16-15-11-20(24(25,26)27)19-10-14(29)6-8-23(19,3)17(15)7-9-22(16,18)2;1-2/h6-8,10,15-16,18,20H,4-5,9,11-12H2,1-3H3;1-2H3. The van der Waals surface area contributed by atoms with Gasteiger partial charge >= 0.3 is 12.1 Å². The quantitative estimate of drug-likeness (QED) is 0.391. The second kappa shape index (κ2) is 8.88. The first-order chi connectivity index (χ1) is 15.4. The van der Waals surface area contributed by atoms with Gasteiger partial charge in [-0.3, -0.25) is 14.4 Å². The SMILES string of the molecule is CC.CC(=O)OCC(=O)C1CCC2C3CC(C(F)(F)F)C4=CC(=O)C=CC4(C)C3=CCC12C. The van der Waals surface area contributed by atoms with Crippen molar-refractivity contribution < 1.29 is 32.3 Å². The maximum absolute atomic E-state index is 14.1. The molecule has 0 spiro atoms. The van der Waals surface area contributed by atoms with Crippen LogP contribution in [-0.4, -0.2) is 30.3 Å². The van der Waals surface area contributed by atoms with Gasteiger partial charge in [0.05, 0.1) is 5.92 Å². The lowest BCUT2D eigenvalue weighted by Gasteiger charge is -2.54. The van der Waals surface area contributed by atoms with Crippen LogP contribution in [0.5, 0.6) is 0 Å². The van der Waals surface area contributed by atoms with Crippen molar-refractivity contribution in [2.45, 2.75) is 66.5 Å². The molecule has 0 heterocycles. The molecule has 33 heavy (non-hydrogen) atoms. The monoisotopic (exact) mass is 466 g/mol. The Hall–Kier alpha value is -2.18. The fourth-order valence-corrected chi connectivity index (χ4v) is 6.72. The van der Waals surface area contributed by atoms with Crippen molar-refractivity contribution in [3.8, 4) is 0 Å². The van der Waals surface area contributed by atoms with Gasteiger partial charge in [0.15, 0.2) is 11.6 Å². The molecule has 0 amide bonds. The molecule has 0 aromatic heterocycles. The molecule has 6 atom stereocenters. The molecular weight excluding hydrogens is 433 g/mol. The second-order valence-electron chi connectivity index (χ2n) is 9.83. The summed E-state index contributed by atoms with van der Waals surface area (Å²) < 4.78 is 47.2. The summed E-state index contributed by atoms with van der Waals surface area (Å²) in [6, 6.07) is 0. The number of ether oxygens (including phenoxy) is 1. The minimum Gasteiger partial charge on any atom is -0.458 e. The summed E-state index contributed by atoms with van der Waals surface area (Å²) in [7, 11) is 0. The van der Waals surface area contributed by atoms with Crippen molar-refractivity contribution in [1.29, 1.82) is 0 Å². The van der Waals surface area contributed by atoms with Crippen molar-refractivity contribution >= 4 is 17.5 Å². The smallest absolute Gasteiger partial charge is 0.395 e. The molecule has 0 saturated heterocycles. The number of ketones is 2. The number of alkyl halides is 3. The topological polar surface area (TPSA) is 60.4 Å². The third-order valence-corrected chi connectivity index (χ3v) is 8.20. The van der Waals surface area contributed by atoms with E-state index >= 15 is 0 Å². The van der Waals surface area contributed by atoms with Crippen LogP contribution in [-0.2, 0) is 19.1 Å². The fourth-order valence-electron chi connectivity index (χ4n) is 6.72. The van der Waals surface area contributed by atoms with E-state index in [1.54, 1.807) is 13.0 Å². The van der Waals surface area contributed by atoms with Crippen molar-refractivity contribution in [3.63, 3.8) is 0 Å². The molecule has 0 aliphatic heterocycles. The van der Waals surface area contributed by atoms with E-state index in [1.807, 2.05) is 26.8 Å². The Kier molecular flexibility index (Phi) is 6.84. The molecule has 182 valence electrons. The zero-order valence-corrected chi connectivity index (χ0v) is 19.9. The van der Waals surface area contributed by atoms with E-state index in [4.69, 9.17) is 4.74 Å². The molecule has 0 aromatic rings. The Morgan fingerprint density at radius 3 is 2.42 bits per heavy atom. The molecule has 2 saturated carbocycles. The highest BCUT2D eigenvalue weighted by molar-refractivity contribution is 6.01. The molecule has 4 aliphatic rings. The zero-order valence-electron chi connectivity index (χ0n) is 19.9. The maximum Gasteiger partial charge on any atom is 0.395 e. The molecule has 0 aromatic carbocycles. The van der Waals surface area contributed by atoms with Crippen LogP contribution in [0.4, 0.5) is 13.2 Å². The summed E-state index contributed by atoms with van der Waals surface area (Å²) in [5.74, 6) is -3.47. The van der Waals surface area contributed by atoms with Gasteiger partial charge in [-0.25, -0.2) is 0 Å². The Morgan fingerprint density at radius 2 is 1.82 bits per heavy atom. The number of Topliss-reactive ketones (excluding diaryl/α,β-unsaturated/α-hetero) is 1. The van der Waals surface area contributed by atoms with Crippen LogP contribution in [0.3, 0.4) is 0 Å². The highest BCUT2D eigenvalue weighted by Crippen LogP contribution is 2.66. The Labute approximate surface area is 193 Å². The van der Waals surface area contributed by atoms with Crippen molar-refractivity contribution in [2.75, 3.05) is 6.61 Å². The third-order valence-electron chi connectivity index (χ3n) is 8.20. The summed E-state index contributed by atoms with van der Waals surface area (Å²) in [6.45, 7) is 8.73. The lowest BCUT2D eigenvalue weighted by Crippen LogP contribution is -2.49. The van der Waals surface area contributed by atoms with Crippen LogP contribution in [0, 0.1) is 34.5 Å². The van der Waals surface area contributed by atoms with Crippen LogP contribution < -0.4 is 0 Å². The normalized spacial score (nSPS) is 36.9. The van der Waals surface area contributed by atoms with Gasteiger partial charge in [0.1, 0.15) is 6.61 Å². The largest absolute Gasteiger partial charge is 0.458 e. The molecule has 6 unspecified atom stereocenters. The van der Waals surface area contributed by atoms with E-state index in [0.717, 1.165) is 5.57 Å². The molecule has 4 rings (SSSR count). The summed E-state index contributed by atoms with van der Waals surface area (Å²) in [5.41, 5.74) is -0.316. The molecule has 2 fully saturated rings. The maximum atomic E-state index is 14.1. The van der Waals surface area contributed by atoms with Gasteiger partial charge in [-0.15, -0.1) is 0 Å². The van der Waals surface area contributed by atoms with Crippen LogP contribution in [0.15, 0.2) is 35.5 Å². The van der Waals surface area contributed by atoms with E-state index in [2.05, 4.69) is 0 Å². The number of carbonyl (C=O) groups excluding carboxylic acids is 3. The molecule has 0 radical (unpaired) electrons. The Morgan fingerprint density at radius 1 is 1.15 bits per heavy atom. The fraction of sp³-hybridized carbons (Fsp3) is 0.654. The molecular formula is C26H33F3O4. The van der Waals surface area contributed by atoms with Gasteiger partial charge in [-0.05, 0) is 67.6 Å². The summed E-state index contributed by atoms with van der Waals surface area (Å²) in [6.07, 6.45) is 3.48. The van der Waals surface area contributed by atoms with Gasteiger partial charge in [-0.2, -0.15) is 13.2 Å². The average molecular weight is 467 g/mol. The number of carbonyl (C=O) groups is 3. The van der Waals surface area contributed by atoms with Crippen molar-refractivity contribution in [3.05, 3.63) is 35.5 Å². The minimum absolute atomic E-state index is 0.0620. The summed E-state index contributed by atoms with van der Waals surface area (Å²) in [4.78, 5) is 35.8. The molecule has 4 nitrogen and oxygen atoms in total. The van der Waals surface area contributed by atoms with E-state index in [1.165, 1.54) is 19.1 Å². The predicted octanol–water partition coefficient (Wildman–Crippen LogP) is 5.78. The highest BCUT2D eigenvalue weighted by Gasteiger charge is 2.61. The summed E-state index contributed by atoms with van der Waals surface area (Å²) >= 11 is 0. The van der Waals surface area contributed by atoms with Crippen LogP contribution in [0.2, 0.25) is 0 Å². The molecule has 7 heteroatoms. The van der Waals surface area contributed by atoms with E-state index in [0.29, 0.717) is 19.3 Å². The van der Waals surface area contributed by atoms with E-state index < -0.39 is 34.7 Å². The van der Waals surface area contributed by atoms with Crippen molar-refractivity contribution in [1.82, 2.24) is 0 Å². The second-order valence-corrected chi connectivity index (χ2v) is 9.83. The Balaban J connectivity index is 0.00000149. The lowest BCUT2D eigenvalue weighted by molar-refractivity contribution is -0.176. The minimum atomic E-state index is -4.44. The number of hydrogen-bond acceptors (Lipinski definition) is 4. The predicted molar refractivity (Wildman–Crippen MR) is 118 cm³/mol. The first-order valence-corrected chi connectivity index (χ1v) is 11.8. The van der Waals surface area contributed by atoms with Gasteiger partial charge in [0.25, 0.3) is 0 Å². The first kappa shape index (κ1) is 25.4. The van der Waals surface area contributed by atoms with Crippen LogP contribution >= 0.6 is 0 Å². The van der Waals surface area contributed by atoms with Gasteiger partial charge in [-0.1, -0.05) is 38.5 Å². The number of rotatable bonds is 3. The summed E-state index contributed by atoms with van der Waals surface area (Å²) in [5, 5.41) is 0. The van der Waals surface area contributed by atoms with Gasteiger partial charge in [0, 0.05) is 18.3 Å². The third kappa shape index (κ3) is 4.24. The van der Waals surface area contributed by atoms with Crippen LogP contribution in [0.25, 0.3) is 0 Å². The number of fused-ring (bicyclic) bond motifs is 5. The average Bonchev–Trinajstić information content (AvgIpc) is 3.10. The van der Waals surface area contributed by atoms with Gasteiger partial charge in [0.2, 0.25) is 0 Å². The number of esters is 1. The molecule has 0 N–H and O–H groups in total. The highest BCUT2D eigenvalue weighted by atomic mass is 19.4. The van der Waals surface area contributed by atoms with E-state index in [9.17, 15) is 27.6 Å². The Bertz CT molecular complexity index is 928. The zero-order chi connectivity index (χ0) is 24.8. The molecule has 4 aliphatic carbocycles. The number of allylic oxidation sites excluding steroid dienone is 6. The first-order valence-electron chi connectivity index (χ1n) is 11.8.